The van der Waals surface area contributed by atoms with Gasteiger partial charge in [0.2, 0.25) is 0 Å². The summed E-state index contributed by atoms with van der Waals surface area (Å²) in [5, 5.41) is 3.01. The van der Waals surface area contributed by atoms with Gasteiger partial charge in [-0.3, -0.25) is 0 Å². The van der Waals surface area contributed by atoms with Crippen LogP contribution in [-0.2, 0) is 10.0 Å². The third-order valence-electron chi connectivity index (χ3n) is 4.36. The maximum Gasteiger partial charge on any atom is 0.336 e. The van der Waals surface area contributed by atoms with E-state index in [2.05, 4.69) is 5.32 Å². The Bertz CT molecular complexity index is 1240. The maximum atomic E-state index is 12.9. The van der Waals surface area contributed by atoms with Crippen LogP contribution in [0.4, 0.5) is 10.5 Å². The fourth-order valence-corrected chi connectivity index (χ4v) is 4.47. The first-order chi connectivity index (χ1) is 13.1. The van der Waals surface area contributed by atoms with E-state index < -0.39 is 21.7 Å². The first kappa shape index (κ1) is 19.6. The van der Waals surface area contributed by atoms with E-state index in [0.29, 0.717) is 22.2 Å². The van der Waals surface area contributed by atoms with Crippen LogP contribution in [0.2, 0.25) is 0 Å². The standard InChI is InChI=1S/C20H20N2O5S/c1-11-5-7-15(8-6-11)21-20(24)22-28(25,26)19-14(4)9-12(2)17-13(3)10-16(23)27-18(17)19/h5-10H,1-4H3,(H2,21,22,24). The minimum absolute atomic E-state index is 0.0573. The fourth-order valence-electron chi connectivity index (χ4n) is 3.20. The van der Waals surface area contributed by atoms with Crippen molar-refractivity contribution in [3.63, 3.8) is 0 Å². The van der Waals surface area contributed by atoms with Gasteiger partial charge in [-0.1, -0.05) is 23.8 Å². The molecule has 0 saturated carbocycles. The molecule has 0 bridgehead atoms. The predicted octanol–water partition coefficient (Wildman–Crippen LogP) is 3.54. The van der Waals surface area contributed by atoms with Gasteiger partial charge in [-0.05, 0) is 56.5 Å². The second kappa shape index (κ2) is 7.12. The van der Waals surface area contributed by atoms with Gasteiger partial charge in [0.25, 0.3) is 10.0 Å². The van der Waals surface area contributed by atoms with Crippen LogP contribution in [0, 0.1) is 27.7 Å². The summed E-state index contributed by atoms with van der Waals surface area (Å²) in [6, 6.07) is 8.98. The van der Waals surface area contributed by atoms with E-state index >= 15 is 0 Å². The number of nitrogens with one attached hydrogen (secondary N) is 2. The van der Waals surface area contributed by atoms with Crippen LogP contribution >= 0.6 is 0 Å². The van der Waals surface area contributed by atoms with Crippen molar-refractivity contribution in [2.75, 3.05) is 5.32 Å². The van der Waals surface area contributed by atoms with Crippen molar-refractivity contribution in [1.82, 2.24) is 4.72 Å². The van der Waals surface area contributed by atoms with E-state index in [1.807, 2.05) is 11.6 Å². The van der Waals surface area contributed by atoms with E-state index in [1.54, 1.807) is 51.1 Å². The lowest BCUT2D eigenvalue weighted by Gasteiger charge is -2.14. The molecule has 3 rings (SSSR count). The second-order valence-corrected chi connectivity index (χ2v) is 8.34. The van der Waals surface area contributed by atoms with E-state index in [-0.39, 0.29) is 10.5 Å². The highest BCUT2D eigenvalue weighted by Crippen LogP contribution is 2.30. The molecule has 1 aromatic heterocycles. The lowest BCUT2D eigenvalue weighted by atomic mass is 10.0. The highest BCUT2D eigenvalue weighted by atomic mass is 32.2. The number of aryl methyl sites for hydroxylation is 4. The van der Waals surface area contributed by atoms with Crippen molar-refractivity contribution in [1.29, 1.82) is 0 Å². The first-order valence-corrected chi connectivity index (χ1v) is 10.0. The maximum absolute atomic E-state index is 12.9. The molecule has 2 N–H and O–H groups in total. The van der Waals surface area contributed by atoms with Crippen molar-refractivity contribution in [3.05, 3.63) is 69.1 Å². The lowest BCUT2D eigenvalue weighted by molar-refractivity contribution is 0.256. The van der Waals surface area contributed by atoms with Gasteiger partial charge in [-0.2, -0.15) is 0 Å². The number of amides is 2. The largest absolute Gasteiger partial charge is 0.421 e. The lowest BCUT2D eigenvalue weighted by Crippen LogP contribution is -2.35. The van der Waals surface area contributed by atoms with Crippen molar-refractivity contribution in [2.45, 2.75) is 32.6 Å². The molecule has 7 nitrogen and oxygen atoms in total. The molecule has 146 valence electrons. The Balaban J connectivity index is 2.04. The molecule has 0 aliphatic rings. The summed E-state index contributed by atoms with van der Waals surface area (Å²) in [5.74, 6) is 0. The molecule has 0 saturated heterocycles. The molecule has 0 unspecified atom stereocenters. The fraction of sp³-hybridized carbons (Fsp3) is 0.200. The Morgan fingerprint density at radius 3 is 2.18 bits per heavy atom. The van der Waals surface area contributed by atoms with Gasteiger partial charge >= 0.3 is 11.7 Å². The molecule has 8 heteroatoms. The molecular formula is C20H20N2O5S. The molecule has 0 atom stereocenters. The number of urea groups is 1. The molecular weight excluding hydrogens is 380 g/mol. The molecule has 0 aliphatic carbocycles. The predicted molar refractivity (Wildman–Crippen MR) is 107 cm³/mol. The normalized spacial score (nSPS) is 11.4. The van der Waals surface area contributed by atoms with E-state index in [4.69, 9.17) is 4.42 Å². The highest BCUT2D eigenvalue weighted by molar-refractivity contribution is 7.90. The molecule has 28 heavy (non-hydrogen) atoms. The summed E-state index contributed by atoms with van der Waals surface area (Å²) in [4.78, 5) is 23.8. The van der Waals surface area contributed by atoms with Crippen LogP contribution in [0.1, 0.15) is 22.3 Å². The summed E-state index contributed by atoms with van der Waals surface area (Å²) >= 11 is 0. The number of carbonyl (C=O) groups is 1. The van der Waals surface area contributed by atoms with Crippen LogP contribution in [-0.4, -0.2) is 14.4 Å². The first-order valence-electron chi connectivity index (χ1n) is 8.53. The monoisotopic (exact) mass is 400 g/mol. The van der Waals surface area contributed by atoms with Gasteiger partial charge in [-0.25, -0.2) is 22.7 Å². The second-order valence-electron chi connectivity index (χ2n) is 6.72. The number of fused-ring (bicyclic) bond motifs is 1. The third-order valence-corrected chi connectivity index (χ3v) is 5.85. The molecule has 2 aromatic carbocycles. The van der Waals surface area contributed by atoms with E-state index in [0.717, 1.165) is 11.1 Å². The Morgan fingerprint density at radius 1 is 0.929 bits per heavy atom. The summed E-state index contributed by atoms with van der Waals surface area (Å²) in [5.41, 5.74) is 2.49. The van der Waals surface area contributed by atoms with Gasteiger partial charge in [0.05, 0.1) is 0 Å². The van der Waals surface area contributed by atoms with Crippen LogP contribution in [0.15, 0.2) is 50.5 Å². The van der Waals surface area contributed by atoms with Crippen LogP contribution in [0.25, 0.3) is 11.0 Å². The molecule has 0 aliphatic heterocycles. The Morgan fingerprint density at radius 2 is 1.54 bits per heavy atom. The number of carbonyl (C=O) groups excluding carboxylic acids is 1. The Kier molecular flexibility index (Phi) is 4.99. The van der Waals surface area contributed by atoms with Crippen LogP contribution in [0.3, 0.4) is 0 Å². The number of sulfonamides is 1. The minimum atomic E-state index is -4.29. The number of hydrogen-bond donors (Lipinski definition) is 2. The Labute approximate surface area is 162 Å². The van der Waals surface area contributed by atoms with Gasteiger partial charge < -0.3 is 9.73 Å². The van der Waals surface area contributed by atoms with Crippen molar-refractivity contribution < 1.29 is 17.6 Å². The van der Waals surface area contributed by atoms with Gasteiger partial charge in [-0.15, -0.1) is 0 Å². The SMILES string of the molecule is Cc1ccc(NC(=O)NS(=O)(=O)c2c(C)cc(C)c3c(C)cc(=O)oc23)cc1. The zero-order chi connectivity index (χ0) is 20.6. The van der Waals surface area contributed by atoms with Crippen molar-refractivity contribution in [2.24, 2.45) is 0 Å². The highest BCUT2D eigenvalue weighted by Gasteiger charge is 2.26. The topological polar surface area (TPSA) is 105 Å². The van der Waals surface area contributed by atoms with Crippen LogP contribution in [0.5, 0.6) is 0 Å². The number of hydrogen-bond acceptors (Lipinski definition) is 5. The average Bonchev–Trinajstić information content (AvgIpc) is 2.54. The van der Waals surface area contributed by atoms with E-state index in [1.165, 1.54) is 6.07 Å². The van der Waals surface area contributed by atoms with Crippen molar-refractivity contribution in [3.8, 4) is 0 Å². The van der Waals surface area contributed by atoms with Gasteiger partial charge in [0.1, 0.15) is 4.90 Å². The number of rotatable bonds is 3. The molecule has 0 radical (unpaired) electrons. The van der Waals surface area contributed by atoms with E-state index in [9.17, 15) is 18.0 Å². The molecule has 1 heterocycles. The molecule has 0 spiro atoms. The quantitative estimate of drug-likeness (QED) is 0.654. The van der Waals surface area contributed by atoms with Gasteiger partial charge in [0.15, 0.2) is 5.58 Å². The molecule has 0 fully saturated rings. The number of benzene rings is 2. The smallest absolute Gasteiger partial charge is 0.336 e. The minimum Gasteiger partial charge on any atom is -0.421 e. The summed E-state index contributed by atoms with van der Waals surface area (Å²) in [6.07, 6.45) is 0. The zero-order valence-electron chi connectivity index (χ0n) is 15.9. The summed E-state index contributed by atoms with van der Waals surface area (Å²) < 4.78 is 33.1. The van der Waals surface area contributed by atoms with Crippen LogP contribution < -0.4 is 15.7 Å². The Hall–Kier alpha value is -3.13. The summed E-state index contributed by atoms with van der Waals surface area (Å²) in [6.45, 7) is 6.99. The van der Waals surface area contributed by atoms with Crippen molar-refractivity contribution >= 4 is 32.7 Å². The molecule has 3 aromatic rings. The molecule has 2 amide bonds. The zero-order valence-corrected chi connectivity index (χ0v) is 16.7. The average molecular weight is 400 g/mol. The summed E-state index contributed by atoms with van der Waals surface area (Å²) in [7, 11) is -4.29. The number of anilines is 1. The third kappa shape index (κ3) is 3.77. The van der Waals surface area contributed by atoms with Gasteiger partial charge in [0, 0.05) is 17.1 Å².